The van der Waals surface area contributed by atoms with Crippen LogP contribution < -0.4 is 0 Å². The van der Waals surface area contributed by atoms with Gasteiger partial charge in [0.1, 0.15) is 6.61 Å². The molecular formula is C56H106O5. The Balaban J connectivity index is 3.43. The molecule has 0 aliphatic carbocycles. The Morgan fingerprint density at radius 3 is 0.967 bits per heavy atom. The van der Waals surface area contributed by atoms with Gasteiger partial charge in [0, 0.05) is 12.8 Å². The predicted octanol–water partition coefficient (Wildman–Crippen LogP) is 18.1. The van der Waals surface area contributed by atoms with Gasteiger partial charge in [0.05, 0.1) is 6.61 Å². The number of ether oxygens (including phenoxy) is 2. The van der Waals surface area contributed by atoms with E-state index in [4.69, 9.17) is 9.47 Å². The lowest BCUT2D eigenvalue weighted by molar-refractivity contribution is -0.161. The number of rotatable bonds is 51. The molecule has 0 aliphatic heterocycles. The highest BCUT2D eigenvalue weighted by Crippen LogP contribution is 2.17. The van der Waals surface area contributed by atoms with Crippen LogP contribution in [0.2, 0.25) is 0 Å². The third-order valence-corrected chi connectivity index (χ3v) is 12.5. The minimum absolute atomic E-state index is 0.0593. The lowest BCUT2D eigenvalue weighted by Crippen LogP contribution is -2.28. The maximum Gasteiger partial charge on any atom is 0.306 e. The average Bonchev–Trinajstić information content (AvgIpc) is 3.26. The minimum Gasteiger partial charge on any atom is -0.462 e. The molecule has 1 atom stereocenters. The number of carbonyl (C=O) groups excluding carboxylic acids is 2. The Bertz CT molecular complexity index is 928. The fraction of sp³-hybridized carbons (Fsp3) is 0.893. The smallest absolute Gasteiger partial charge is 0.306 e. The fourth-order valence-corrected chi connectivity index (χ4v) is 8.35. The molecule has 0 rings (SSSR count). The zero-order valence-electron chi connectivity index (χ0n) is 41.2. The van der Waals surface area contributed by atoms with Gasteiger partial charge < -0.3 is 14.6 Å². The Labute approximate surface area is 381 Å². The van der Waals surface area contributed by atoms with Gasteiger partial charge in [-0.15, -0.1) is 0 Å². The molecule has 0 saturated carbocycles. The van der Waals surface area contributed by atoms with Crippen molar-refractivity contribution in [3.05, 3.63) is 24.3 Å². The highest BCUT2D eigenvalue weighted by molar-refractivity contribution is 5.70. The normalized spacial score (nSPS) is 12.2. The first-order chi connectivity index (χ1) is 30.1. The molecule has 0 bridgehead atoms. The van der Waals surface area contributed by atoms with E-state index in [1.54, 1.807) is 0 Å². The molecule has 1 N–H and O–H groups in total. The van der Waals surface area contributed by atoms with Gasteiger partial charge in [0.15, 0.2) is 6.10 Å². The summed E-state index contributed by atoms with van der Waals surface area (Å²) in [6, 6.07) is 0. The molecule has 0 amide bonds. The van der Waals surface area contributed by atoms with Crippen molar-refractivity contribution in [2.24, 2.45) is 0 Å². The van der Waals surface area contributed by atoms with Crippen molar-refractivity contribution in [1.29, 1.82) is 0 Å². The molecule has 61 heavy (non-hydrogen) atoms. The zero-order valence-corrected chi connectivity index (χ0v) is 41.2. The molecule has 360 valence electrons. The van der Waals surface area contributed by atoms with Crippen molar-refractivity contribution in [1.82, 2.24) is 0 Å². The van der Waals surface area contributed by atoms with Gasteiger partial charge in [-0.3, -0.25) is 9.59 Å². The lowest BCUT2D eigenvalue weighted by atomic mass is 10.0. The van der Waals surface area contributed by atoms with Crippen molar-refractivity contribution in [3.63, 3.8) is 0 Å². The van der Waals surface area contributed by atoms with Crippen LogP contribution in [-0.2, 0) is 19.1 Å². The summed E-state index contributed by atoms with van der Waals surface area (Å²) in [5.41, 5.74) is 0. The number of aliphatic hydroxyl groups excluding tert-OH is 1. The van der Waals surface area contributed by atoms with E-state index in [1.165, 1.54) is 238 Å². The molecule has 0 heterocycles. The maximum absolute atomic E-state index is 12.3. The van der Waals surface area contributed by atoms with Crippen molar-refractivity contribution < 1.29 is 24.2 Å². The first kappa shape index (κ1) is 59.4. The fourth-order valence-electron chi connectivity index (χ4n) is 8.35. The maximum atomic E-state index is 12.3. The number of carbonyl (C=O) groups is 2. The number of allylic oxidation sites excluding steroid dienone is 4. The standard InChI is InChI=1S/C56H106O5/c1-3-5-7-9-11-13-15-17-19-21-23-25-26-27-28-29-30-31-33-35-37-39-41-43-45-47-49-51-56(59)61-54(52-57)53-60-55(58)50-48-46-44-42-40-38-36-34-32-24-22-20-18-16-14-12-10-8-6-4-2/h15,17,21,23,54,57H,3-14,16,18-20,22,24-53H2,1-2H3/b17-15-,23-21-. The second-order valence-electron chi connectivity index (χ2n) is 18.7. The van der Waals surface area contributed by atoms with Crippen molar-refractivity contribution in [2.45, 2.75) is 309 Å². The zero-order chi connectivity index (χ0) is 44.2. The van der Waals surface area contributed by atoms with Gasteiger partial charge in [0.2, 0.25) is 0 Å². The number of aliphatic hydroxyl groups is 1. The van der Waals surface area contributed by atoms with Crippen LogP contribution in [0.3, 0.4) is 0 Å². The van der Waals surface area contributed by atoms with Crippen LogP contribution in [0.1, 0.15) is 303 Å². The summed E-state index contributed by atoms with van der Waals surface area (Å²) in [4.78, 5) is 24.5. The third kappa shape index (κ3) is 50.9. The molecule has 5 nitrogen and oxygen atoms in total. The summed E-state index contributed by atoms with van der Waals surface area (Å²) < 4.78 is 10.7. The molecule has 1 unspecified atom stereocenters. The van der Waals surface area contributed by atoms with Crippen LogP contribution in [0.4, 0.5) is 0 Å². The molecule has 0 aromatic rings. The largest absolute Gasteiger partial charge is 0.462 e. The lowest BCUT2D eigenvalue weighted by Gasteiger charge is -2.15. The van der Waals surface area contributed by atoms with Gasteiger partial charge in [-0.25, -0.2) is 0 Å². The number of hydrogen-bond acceptors (Lipinski definition) is 5. The Kier molecular flexibility index (Phi) is 51.3. The second-order valence-corrected chi connectivity index (χ2v) is 18.7. The second kappa shape index (κ2) is 52.7. The molecule has 0 spiro atoms. The van der Waals surface area contributed by atoms with E-state index in [1.807, 2.05) is 0 Å². The molecular weight excluding hydrogens is 753 g/mol. The molecule has 0 saturated heterocycles. The van der Waals surface area contributed by atoms with Crippen LogP contribution in [0.25, 0.3) is 0 Å². The monoisotopic (exact) mass is 859 g/mol. The van der Waals surface area contributed by atoms with E-state index >= 15 is 0 Å². The van der Waals surface area contributed by atoms with Crippen LogP contribution >= 0.6 is 0 Å². The van der Waals surface area contributed by atoms with Crippen LogP contribution in [-0.4, -0.2) is 36.4 Å². The molecule has 0 radical (unpaired) electrons. The number of hydrogen-bond donors (Lipinski definition) is 1. The van der Waals surface area contributed by atoms with E-state index < -0.39 is 6.10 Å². The minimum atomic E-state index is -0.767. The summed E-state index contributed by atoms with van der Waals surface area (Å²) in [5, 5.41) is 9.64. The quantitative estimate of drug-likeness (QED) is 0.0375. The third-order valence-electron chi connectivity index (χ3n) is 12.5. The van der Waals surface area contributed by atoms with E-state index in [-0.39, 0.29) is 25.2 Å². The number of unbranched alkanes of at least 4 members (excludes halogenated alkanes) is 39. The van der Waals surface area contributed by atoms with Gasteiger partial charge in [-0.2, -0.15) is 0 Å². The number of esters is 2. The van der Waals surface area contributed by atoms with Crippen LogP contribution in [0.5, 0.6) is 0 Å². The topological polar surface area (TPSA) is 72.8 Å². The molecule has 0 aromatic heterocycles. The summed E-state index contributed by atoms with van der Waals surface area (Å²) in [6.45, 7) is 4.18. The van der Waals surface area contributed by atoms with E-state index in [0.717, 1.165) is 38.5 Å². The van der Waals surface area contributed by atoms with Crippen molar-refractivity contribution in [2.75, 3.05) is 13.2 Å². The van der Waals surface area contributed by atoms with Gasteiger partial charge in [-0.05, 0) is 44.9 Å². The highest BCUT2D eigenvalue weighted by Gasteiger charge is 2.16. The summed E-state index contributed by atoms with van der Waals surface area (Å²) >= 11 is 0. The van der Waals surface area contributed by atoms with Gasteiger partial charge >= 0.3 is 11.9 Å². The van der Waals surface area contributed by atoms with Gasteiger partial charge in [0.25, 0.3) is 0 Å². The van der Waals surface area contributed by atoms with E-state index in [9.17, 15) is 14.7 Å². The van der Waals surface area contributed by atoms with E-state index in [2.05, 4.69) is 38.2 Å². The first-order valence-corrected chi connectivity index (χ1v) is 27.4. The predicted molar refractivity (Wildman–Crippen MR) is 265 cm³/mol. The average molecular weight is 859 g/mol. The summed E-state index contributed by atoms with van der Waals surface area (Å²) in [6.07, 6.45) is 65.7. The van der Waals surface area contributed by atoms with Crippen molar-refractivity contribution in [3.8, 4) is 0 Å². The van der Waals surface area contributed by atoms with Crippen molar-refractivity contribution >= 4 is 11.9 Å². The SMILES string of the molecule is CCCCCCC/C=C\C/C=C\CCCCCCCCCCCCCCCCCC(=O)OC(CO)COC(=O)CCCCCCCCCCCCCCCCCCCCCC. The summed E-state index contributed by atoms with van der Waals surface area (Å²) in [5.74, 6) is -0.571. The Morgan fingerprint density at radius 2 is 0.656 bits per heavy atom. The Hall–Kier alpha value is -1.62. The molecule has 0 fully saturated rings. The Morgan fingerprint density at radius 1 is 0.377 bits per heavy atom. The van der Waals surface area contributed by atoms with E-state index in [0.29, 0.717) is 12.8 Å². The molecule has 5 heteroatoms. The summed E-state index contributed by atoms with van der Waals surface area (Å²) in [7, 11) is 0. The highest BCUT2D eigenvalue weighted by atomic mass is 16.6. The van der Waals surface area contributed by atoms with Crippen LogP contribution in [0.15, 0.2) is 24.3 Å². The molecule has 0 aliphatic rings. The molecule has 0 aromatic carbocycles. The van der Waals surface area contributed by atoms with Gasteiger partial charge in [-0.1, -0.05) is 269 Å². The van der Waals surface area contributed by atoms with Crippen LogP contribution in [0, 0.1) is 0 Å². The first-order valence-electron chi connectivity index (χ1n) is 27.4.